The summed E-state index contributed by atoms with van der Waals surface area (Å²) in [5.74, 6) is 0.0242. The van der Waals surface area contributed by atoms with Crippen molar-refractivity contribution in [2.75, 3.05) is 0 Å². The highest BCUT2D eigenvalue weighted by Crippen LogP contribution is 2.47. The van der Waals surface area contributed by atoms with Crippen molar-refractivity contribution >= 4 is 33.8 Å². The summed E-state index contributed by atoms with van der Waals surface area (Å²) in [5, 5.41) is 23.7. The summed E-state index contributed by atoms with van der Waals surface area (Å²) in [7, 11) is -3.34. The molecule has 4 heteroatoms. The summed E-state index contributed by atoms with van der Waals surface area (Å²) in [6.45, 7) is 0. The number of aromatic hydroxyl groups is 2. The average molecular weight is 360 g/mol. The second kappa shape index (κ2) is 6.36. The van der Waals surface area contributed by atoms with Gasteiger partial charge in [-0.25, -0.2) is 0 Å². The molecule has 26 heavy (non-hydrogen) atoms. The molecule has 4 rings (SSSR count). The van der Waals surface area contributed by atoms with Gasteiger partial charge in [-0.3, -0.25) is 0 Å². The Hall–Kier alpha value is -3.03. The van der Waals surface area contributed by atoms with Gasteiger partial charge in [-0.05, 0) is 23.6 Å². The first-order valence-corrected chi connectivity index (χ1v) is 9.98. The molecule has 128 valence electrons. The molecule has 0 spiro atoms. The van der Waals surface area contributed by atoms with Crippen molar-refractivity contribution < 1.29 is 14.8 Å². The number of phenolic OH excluding ortho intramolecular Hbond substituents is 2. The number of hydrogen-bond donors (Lipinski definition) is 2. The van der Waals surface area contributed by atoms with Crippen molar-refractivity contribution in [3.63, 3.8) is 0 Å². The maximum Gasteiger partial charge on any atom is 0.175 e. The van der Waals surface area contributed by atoms with Crippen LogP contribution in [-0.2, 0) is 4.57 Å². The fourth-order valence-electron chi connectivity index (χ4n) is 3.29. The van der Waals surface area contributed by atoms with E-state index in [9.17, 15) is 14.8 Å². The Morgan fingerprint density at radius 2 is 1.19 bits per heavy atom. The van der Waals surface area contributed by atoms with Gasteiger partial charge in [-0.15, -0.1) is 0 Å². The van der Waals surface area contributed by atoms with Gasteiger partial charge in [0.05, 0.1) is 5.30 Å². The van der Waals surface area contributed by atoms with Crippen LogP contribution in [0.1, 0.15) is 0 Å². The zero-order chi connectivity index (χ0) is 18.1. The van der Waals surface area contributed by atoms with Crippen LogP contribution in [0.3, 0.4) is 0 Å². The molecule has 0 atom stereocenters. The lowest BCUT2D eigenvalue weighted by atomic mass is 10.1. The van der Waals surface area contributed by atoms with E-state index in [1.807, 2.05) is 60.7 Å². The van der Waals surface area contributed by atoms with Crippen molar-refractivity contribution in [2.24, 2.45) is 0 Å². The monoisotopic (exact) mass is 360 g/mol. The van der Waals surface area contributed by atoms with Crippen LogP contribution < -0.4 is 15.9 Å². The van der Waals surface area contributed by atoms with Crippen molar-refractivity contribution in [3.05, 3.63) is 91.0 Å². The normalized spacial score (nSPS) is 11.5. The van der Waals surface area contributed by atoms with Crippen LogP contribution in [-0.4, -0.2) is 10.2 Å². The third-order valence-electron chi connectivity index (χ3n) is 4.51. The van der Waals surface area contributed by atoms with Gasteiger partial charge in [0.1, 0.15) is 11.5 Å². The van der Waals surface area contributed by atoms with Gasteiger partial charge in [0.15, 0.2) is 7.14 Å². The van der Waals surface area contributed by atoms with Crippen molar-refractivity contribution in [1.82, 2.24) is 0 Å². The van der Waals surface area contributed by atoms with E-state index in [0.717, 1.165) is 5.39 Å². The largest absolute Gasteiger partial charge is 0.508 e. The number of hydrogen-bond acceptors (Lipinski definition) is 3. The standard InChI is InChI=1S/C22H17O3P/c23-17-13-11-16-12-14-21(24)22(20(16)15-17)26(25,18-7-3-1-4-8-18)19-9-5-2-6-10-19/h1-15,23-24H. The first kappa shape index (κ1) is 16.4. The van der Waals surface area contributed by atoms with E-state index >= 15 is 0 Å². The van der Waals surface area contributed by atoms with E-state index < -0.39 is 7.14 Å². The zero-order valence-electron chi connectivity index (χ0n) is 13.9. The second-order valence-corrected chi connectivity index (χ2v) is 8.82. The molecule has 0 heterocycles. The van der Waals surface area contributed by atoms with Crippen LogP contribution in [0.15, 0.2) is 91.0 Å². The summed E-state index contributed by atoms with van der Waals surface area (Å²) >= 11 is 0. The molecule has 2 N–H and O–H groups in total. The topological polar surface area (TPSA) is 57.5 Å². The summed E-state index contributed by atoms with van der Waals surface area (Å²) in [6.07, 6.45) is 0. The first-order chi connectivity index (χ1) is 12.6. The Morgan fingerprint density at radius 3 is 1.77 bits per heavy atom. The van der Waals surface area contributed by atoms with Crippen LogP contribution in [0.5, 0.6) is 11.5 Å². The Kier molecular flexibility index (Phi) is 4.02. The lowest BCUT2D eigenvalue weighted by Crippen LogP contribution is -2.25. The van der Waals surface area contributed by atoms with Crippen LogP contribution in [0.4, 0.5) is 0 Å². The number of benzene rings is 4. The molecule has 0 aliphatic rings. The quantitative estimate of drug-likeness (QED) is 0.545. The van der Waals surface area contributed by atoms with E-state index in [2.05, 4.69) is 0 Å². The maximum absolute atomic E-state index is 14.5. The molecule has 0 unspecified atom stereocenters. The van der Waals surface area contributed by atoms with Gasteiger partial charge in [-0.2, -0.15) is 0 Å². The van der Waals surface area contributed by atoms with E-state index in [0.29, 0.717) is 21.3 Å². The van der Waals surface area contributed by atoms with Crippen LogP contribution in [0.2, 0.25) is 0 Å². The average Bonchev–Trinajstić information content (AvgIpc) is 2.68. The molecule has 0 saturated heterocycles. The molecule has 0 amide bonds. The molecule has 4 aromatic carbocycles. The molecule has 3 nitrogen and oxygen atoms in total. The summed E-state index contributed by atoms with van der Waals surface area (Å²) in [5.41, 5.74) is 0. The smallest absolute Gasteiger partial charge is 0.175 e. The molecule has 0 bridgehead atoms. The van der Waals surface area contributed by atoms with Gasteiger partial charge in [0.25, 0.3) is 0 Å². The van der Waals surface area contributed by atoms with Gasteiger partial charge in [0, 0.05) is 16.0 Å². The fraction of sp³-hybridized carbons (Fsp3) is 0. The van der Waals surface area contributed by atoms with Crippen molar-refractivity contribution in [3.8, 4) is 11.5 Å². The Morgan fingerprint density at radius 1 is 0.654 bits per heavy atom. The molecule has 0 saturated carbocycles. The predicted octanol–water partition coefficient (Wildman–Crippen LogP) is 3.89. The van der Waals surface area contributed by atoms with Gasteiger partial charge in [0.2, 0.25) is 0 Å². The molecule has 0 fully saturated rings. The molecule has 0 aliphatic carbocycles. The Balaban J connectivity index is 2.16. The fourth-order valence-corrected chi connectivity index (χ4v) is 6.22. The number of fused-ring (bicyclic) bond motifs is 1. The Labute approximate surface area is 151 Å². The number of phenols is 2. The van der Waals surface area contributed by atoms with E-state index in [4.69, 9.17) is 0 Å². The first-order valence-electron chi connectivity index (χ1n) is 8.27. The van der Waals surface area contributed by atoms with E-state index in [-0.39, 0.29) is 11.5 Å². The lowest BCUT2D eigenvalue weighted by Gasteiger charge is -2.22. The van der Waals surface area contributed by atoms with Crippen LogP contribution in [0, 0.1) is 0 Å². The Bertz CT molecular complexity index is 1070. The molecule has 0 aromatic heterocycles. The van der Waals surface area contributed by atoms with E-state index in [1.54, 1.807) is 30.3 Å². The van der Waals surface area contributed by atoms with Crippen molar-refractivity contribution in [2.45, 2.75) is 0 Å². The summed E-state index contributed by atoms with van der Waals surface area (Å²) in [6, 6.07) is 26.6. The second-order valence-electron chi connectivity index (χ2n) is 6.12. The minimum Gasteiger partial charge on any atom is -0.508 e. The highest BCUT2D eigenvalue weighted by molar-refractivity contribution is 7.85. The third-order valence-corrected chi connectivity index (χ3v) is 7.66. The minimum absolute atomic E-state index is 0.0425. The SMILES string of the molecule is O=P(c1ccccc1)(c1ccccc1)c1c(O)ccc2ccc(O)cc12. The van der Waals surface area contributed by atoms with Gasteiger partial charge >= 0.3 is 0 Å². The van der Waals surface area contributed by atoms with Gasteiger partial charge in [-0.1, -0.05) is 72.8 Å². The molecule has 0 aliphatic heterocycles. The van der Waals surface area contributed by atoms with Crippen molar-refractivity contribution in [1.29, 1.82) is 0 Å². The lowest BCUT2D eigenvalue weighted by molar-refractivity contribution is 0.476. The predicted molar refractivity (Wildman–Crippen MR) is 107 cm³/mol. The van der Waals surface area contributed by atoms with Crippen LogP contribution >= 0.6 is 7.14 Å². The number of rotatable bonds is 3. The molecule has 0 radical (unpaired) electrons. The summed E-state index contributed by atoms with van der Waals surface area (Å²) in [4.78, 5) is 0. The maximum atomic E-state index is 14.5. The molecule has 4 aromatic rings. The zero-order valence-corrected chi connectivity index (χ0v) is 14.8. The van der Waals surface area contributed by atoms with E-state index in [1.165, 1.54) is 0 Å². The summed E-state index contributed by atoms with van der Waals surface area (Å²) < 4.78 is 14.5. The molecular weight excluding hydrogens is 343 g/mol. The molecular formula is C22H17O3P. The van der Waals surface area contributed by atoms with Gasteiger partial charge < -0.3 is 14.8 Å². The third kappa shape index (κ3) is 2.58. The minimum atomic E-state index is -3.34. The van der Waals surface area contributed by atoms with Crippen LogP contribution in [0.25, 0.3) is 10.8 Å². The highest BCUT2D eigenvalue weighted by atomic mass is 31.2. The highest BCUT2D eigenvalue weighted by Gasteiger charge is 2.34.